The van der Waals surface area contributed by atoms with Crippen molar-refractivity contribution in [1.29, 1.82) is 0 Å². The van der Waals surface area contributed by atoms with Crippen molar-refractivity contribution in [2.24, 2.45) is 0 Å². The van der Waals surface area contributed by atoms with Crippen LogP contribution in [0.3, 0.4) is 0 Å². The van der Waals surface area contributed by atoms with Crippen molar-refractivity contribution in [2.45, 2.75) is 26.2 Å². The molecule has 1 aliphatic heterocycles. The first-order valence-electron chi connectivity index (χ1n) is 8.50. The summed E-state index contributed by atoms with van der Waals surface area (Å²) in [4.78, 5) is 22.6. The fourth-order valence-corrected chi connectivity index (χ4v) is 2.63. The van der Waals surface area contributed by atoms with Crippen molar-refractivity contribution in [3.05, 3.63) is 47.9 Å². The van der Waals surface area contributed by atoms with Crippen LogP contribution < -0.4 is 5.32 Å². The van der Waals surface area contributed by atoms with E-state index < -0.39 is 0 Å². The minimum Gasteiger partial charge on any atom is -0.378 e. The van der Waals surface area contributed by atoms with E-state index in [2.05, 4.69) is 48.2 Å². The monoisotopic (exact) mass is 340 g/mol. The van der Waals surface area contributed by atoms with Gasteiger partial charge in [-0.15, -0.1) is 0 Å². The molecule has 1 N–H and O–H groups in total. The molecule has 6 heteroatoms. The third kappa shape index (κ3) is 4.33. The Morgan fingerprint density at radius 3 is 2.32 bits per heavy atom. The molecule has 6 nitrogen and oxygen atoms in total. The van der Waals surface area contributed by atoms with Crippen molar-refractivity contribution in [2.75, 3.05) is 31.6 Å². The Balaban J connectivity index is 1.65. The van der Waals surface area contributed by atoms with Crippen LogP contribution in [-0.4, -0.2) is 47.1 Å². The number of hydrogen-bond acceptors (Lipinski definition) is 5. The van der Waals surface area contributed by atoms with E-state index >= 15 is 0 Å². The van der Waals surface area contributed by atoms with E-state index in [-0.39, 0.29) is 11.3 Å². The average Bonchev–Trinajstić information content (AvgIpc) is 2.62. The number of rotatable bonds is 3. The molecule has 1 amide bonds. The zero-order chi connectivity index (χ0) is 17.9. The molecule has 0 bridgehead atoms. The van der Waals surface area contributed by atoms with Gasteiger partial charge in [0.25, 0.3) is 5.91 Å². The lowest BCUT2D eigenvalue weighted by Gasteiger charge is -2.26. The molecule has 25 heavy (non-hydrogen) atoms. The second kappa shape index (κ2) is 7.19. The van der Waals surface area contributed by atoms with Crippen LogP contribution in [0, 0.1) is 0 Å². The predicted octanol–water partition coefficient (Wildman–Crippen LogP) is 2.99. The number of amides is 1. The van der Waals surface area contributed by atoms with Crippen molar-refractivity contribution < 1.29 is 9.53 Å². The average molecular weight is 340 g/mol. The van der Waals surface area contributed by atoms with Crippen LogP contribution in [0.1, 0.15) is 36.8 Å². The number of ether oxygens (including phenoxy) is 1. The highest BCUT2D eigenvalue weighted by Gasteiger charge is 2.19. The van der Waals surface area contributed by atoms with Gasteiger partial charge in [0.15, 0.2) is 0 Å². The molecule has 0 saturated carbocycles. The highest BCUT2D eigenvalue weighted by Crippen LogP contribution is 2.24. The summed E-state index contributed by atoms with van der Waals surface area (Å²) in [7, 11) is 0. The molecule has 0 radical (unpaired) electrons. The molecule has 1 fully saturated rings. The van der Waals surface area contributed by atoms with Gasteiger partial charge in [-0.1, -0.05) is 32.9 Å². The molecule has 1 aromatic carbocycles. The number of benzene rings is 1. The van der Waals surface area contributed by atoms with Crippen molar-refractivity contribution >= 4 is 17.4 Å². The maximum absolute atomic E-state index is 12.3. The molecule has 132 valence electrons. The normalized spacial score (nSPS) is 15.1. The lowest BCUT2D eigenvalue weighted by Crippen LogP contribution is -2.41. The first kappa shape index (κ1) is 17.4. The van der Waals surface area contributed by atoms with Gasteiger partial charge in [-0.05, 0) is 23.1 Å². The van der Waals surface area contributed by atoms with Crippen LogP contribution in [0.4, 0.5) is 11.5 Å². The third-order valence-electron chi connectivity index (χ3n) is 4.19. The molecule has 2 aromatic rings. The molecule has 2 heterocycles. The molecular formula is C19H24N4O2. The van der Waals surface area contributed by atoms with Gasteiger partial charge in [0.05, 0.1) is 25.6 Å². The number of morpholine rings is 1. The van der Waals surface area contributed by atoms with E-state index in [9.17, 15) is 4.79 Å². The van der Waals surface area contributed by atoms with Gasteiger partial charge < -0.3 is 15.0 Å². The summed E-state index contributed by atoms with van der Waals surface area (Å²) in [6, 6.07) is 8.25. The smallest absolute Gasteiger partial charge is 0.274 e. The second-order valence-corrected chi connectivity index (χ2v) is 7.14. The summed E-state index contributed by atoms with van der Waals surface area (Å²) < 4.78 is 5.26. The van der Waals surface area contributed by atoms with Crippen LogP contribution in [0.2, 0.25) is 0 Å². The van der Waals surface area contributed by atoms with E-state index in [0.717, 1.165) is 5.69 Å². The number of anilines is 2. The molecular weight excluding hydrogens is 316 g/mol. The molecule has 1 saturated heterocycles. The second-order valence-electron chi connectivity index (χ2n) is 7.14. The summed E-state index contributed by atoms with van der Waals surface area (Å²) >= 11 is 0. The molecule has 0 aliphatic carbocycles. The summed E-state index contributed by atoms with van der Waals surface area (Å²) in [6.07, 6.45) is 3.11. The number of carbonyl (C=O) groups is 1. The minimum atomic E-state index is -0.100. The van der Waals surface area contributed by atoms with E-state index in [1.165, 1.54) is 11.8 Å². The fourth-order valence-electron chi connectivity index (χ4n) is 2.63. The molecule has 1 aromatic heterocycles. The fraction of sp³-hybridized carbons (Fsp3) is 0.421. The molecule has 1 aliphatic rings. The lowest BCUT2D eigenvalue weighted by molar-refractivity contribution is 0.0298. The third-order valence-corrected chi connectivity index (χ3v) is 4.19. The number of aromatic nitrogens is 2. The lowest BCUT2D eigenvalue weighted by atomic mass is 9.87. The van der Waals surface area contributed by atoms with Gasteiger partial charge >= 0.3 is 0 Å². The number of nitrogens with one attached hydrogen (secondary N) is 1. The highest BCUT2D eigenvalue weighted by atomic mass is 16.5. The Labute approximate surface area is 148 Å². The summed E-state index contributed by atoms with van der Waals surface area (Å²) in [6.45, 7) is 8.90. The Kier molecular flexibility index (Phi) is 4.99. The van der Waals surface area contributed by atoms with Gasteiger partial charge in [-0.25, -0.2) is 9.97 Å². The van der Waals surface area contributed by atoms with Crippen molar-refractivity contribution in [3.8, 4) is 0 Å². The summed E-state index contributed by atoms with van der Waals surface area (Å²) in [5.74, 6) is 0.513. The quantitative estimate of drug-likeness (QED) is 0.930. The van der Waals surface area contributed by atoms with Crippen LogP contribution in [0.25, 0.3) is 0 Å². The molecule has 3 rings (SSSR count). The summed E-state index contributed by atoms with van der Waals surface area (Å²) in [5, 5.41) is 3.21. The first-order valence-corrected chi connectivity index (χ1v) is 8.50. The van der Waals surface area contributed by atoms with Crippen LogP contribution >= 0.6 is 0 Å². The zero-order valence-electron chi connectivity index (χ0n) is 15.0. The topological polar surface area (TPSA) is 67.4 Å². The molecule has 0 spiro atoms. The van der Waals surface area contributed by atoms with Gasteiger partial charge in [0.1, 0.15) is 11.5 Å². The Bertz CT molecular complexity index is 715. The number of nitrogens with zero attached hydrogens (tertiary/aromatic N) is 3. The van der Waals surface area contributed by atoms with E-state index in [1.54, 1.807) is 11.1 Å². The SMILES string of the molecule is CC(C)(C)c1ccc(Nc2cnc(C(=O)N3CCOCC3)cn2)cc1. The Morgan fingerprint density at radius 1 is 1.08 bits per heavy atom. The van der Waals surface area contributed by atoms with Crippen molar-refractivity contribution in [1.82, 2.24) is 14.9 Å². The maximum atomic E-state index is 12.3. The first-order chi connectivity index (χ1) is 11.9. The maximum Gasteiger partial charge on any atom is 0.274 e. The number of carbonyl (C=O) groups excluding carboxylic acids is 1. The van der Waals surface area contributed by atoms with Gasteiger partial charge in [0, 0.05) is 18.8 Å². The predicted molar refractivity (Wildman–Crippen MR) is 97.2 cm³/mol. The largest absolute Gasteiger partial charge is 0.378 e. The van der Waals surface area contributed by atoms with Crippen LogP contribution in [0.5, 0.6) is 0 Å². The van der Waals surface area contributed by atoms with Crippen LogP contribution in [-0.2, 0) is 10.2 Å². The zero-order valence-corrected chi connectivity index (χ0v) is 15.0. The minimum absolute atomic E-state index is 0.100. The van der Waals surface area contributed by atoms with Gasteiger partial charge in [-0.2, -0.15) is 0 Å². The Morgan fingerprint density at radius 2 is 1.76 bits per heavy atom. The van der Waals surface area contributed by atoms with E-state index in [1.807, 2.05) is 12.1 Å². The van der Waals surface area contributed by atoms with Gasteiger partial charge in [0.2, 0.25) is 0 Å². The standard InChI is InChI=1S/C19H24N4O2/c1-19(2,3)14-4-6-15(7-5-14)22-17-13-20-16(12-21-17)18(24)23-8-10-25-11-9-23/h4-7,12-13H,8-11H2,1-3H3,(H,21,22). The molecule has 0 unspecified atom stereocenters. The van der Waals surface area contributed by atoms with Crippen LogP contribution in [0.15, 0.2) is 36.7 Å². The number of hydrogen-bond donors (Lipinski definition) is 1. The summed E-state index contributed by atoms with van der Waals surface area (Å²) in [5.41, 5.74) is 2.69. The van der Waals surface area contributed by atoms with Gasteiger partial charge in [-0.3, -0.25) is 4.79 Å². The van der Waals surface area contributed by atoms with E-state index in [0.29, 0.717) is 37.8 Å². The van der Waals surface area contributed by atoms with E-state index in [4.69, 9.17) is 4.74 Å². The highest BCUT2D eigenvalue weighted by molar-refractivity contribution is 5.92. The van der Waals surface area contributed by atoms with Crippen molar-refractivity contribution in [3.63, 3.8) is 0 Å². The Hall–Kier alpha value is -2.47. The molecule has 0 atom stereocenters.